The highest BCUT2D eigenvalue weighted by Gasteiger charge is 2.41. The Hall–Kier alpha value is -4.28. The zero-order valence-corrected chi connectivity index (χ0v) is 28.0. The number of likely N-dealkylation sites (tertiary alicyclic amines) is 1. The molecule has 2 aromatic carbocycles. The van der Waals surface area contributed by atoms with Crippen molar-refractivity contribution in [3.8, 4) is 0 Å². The summed E-state index contributed by atoms with van der Waals surface area (Å²) in [4.78, 5) is 48.1. The van der Waals surface area contributed by atoms with Crippen molar-refractivity contribution < 1.29 is 19.5 Å². The van der Waals surface area contributed by atoms with Gasteiger partial charge >= 0.3 is 0 Å². The molecule has 3 amide bonds. The van der Waals surface area contributed by atoms with Crippen molar-refractivity contribution in [1.82, 2.24) is 20.1 Å². The first kappa shape index (κ1) is 32.3. The molecule has 4 aliphatic heterocycles. The zero-order valence-electron chi connectivity index (χ0n) is 28.0. The minimum absolute atomic E-state index is 0.193. The molecule has 0 saturated carbocycles. The van der Waals surface area contributed by atoms with Gasteiger partial charge in [0.05, 0.1) is 5.60 Å². The fourth-order valence-electron chi connectivity index (χ4n) is 7.63. The highest BCUT2D eigenvalue weighted by Crippen LogP contribution is 2.37. The highest BCUT2D eigenvalue weighted by atomic mass is 16.3. The molecule has 0 radical (unpaired) electrons. The summed E-state index contributed by atoms with van der Waals surface area (Å²) in [5.74, 6) is 0.543. The molecule has 3 saturated heterocycles. The number of rotatable bonds is 8. The number of hydrogen-bond acceptors (Lipinski definition) is 8. The molecule has 5 heterocycles. The summed E-state index contributed by atoms with van der Waals surface area (Å²) in [7, 11) is 0. The van der Waals surface area contributed by atoms with E-state index in [1.165, 1.54) is 16.8 Å². The fourth-order valence-corrected chi connectivity index (χ4v) is 7.63. The number of imide groups is 1. The lowest BCUT2D eigenvalue weighted by Gasteiger charge is -2.39. The van der Waals surface area contributed by atoms with Gasteiger partial charge in [0, 0.05) is 69.2 Å². The number of carbonyl (C=O) groups is 3. The van der Waals surface area contributed by atoms with E-state index in [4.69, 9.17) is 0 Å². The maximum atomic E-state index is 13.1. The number of fused-ring (bicyclic) bond motifs is 1. The number of aliphatic hydroxyl groups is 1. The van der Waals surface area contributed by atoms with E-state index < -0.39 is 17.6 Å². The standard InChI is InChI=1S/C38H46N6O4/c1-25(2)27-5-11-34(39-22-27)40-30-13-17-43(18-14-30)31-7-3-26(4-8-31)23-42-19-15-38(48,16-20-42)29-6-9-32-28(21-29)24-44(37(32)47)33-10-12-35(45)41-36(33)46/h3-9,11,21-22,25,30,33,48H,10,12-20,23-24H2,1-2H3,(H,39,40)(H,41,45,46). The molecule has 1 aromatic heterocycles. The van der Waals surface area contributed by atoms with E-state index in [2.05, 4.69) is 75.7 Å². The zero-order chi connectivity index (χ0) is 33.4. The monoisotopic (exact) mass is 650 g/mol. The molecule has 7 rings (SSSR count). The second kappa shape index (κ2) is 13.3. The van der Waals surface area contributed by atoms with E-state index in [0.29, 0.717) is 43.3 Å². The average Bonchev–Trinajstić information content (AvgIpc) is 3.42. The normalized spacial score (nSPS) is 21.8. The summed E-state index contributed by atoms with van der Waals surface area (Å²) in [6, 6.07) is 18.6. The van der Waals surface area contributed by atoms with Crippen molar-refractivity contribution in [2.45, 2.75) is 89.1 Å². The number of piperidine rings is 3. The van der Waals surface area contributed by atoms with Crippen molar-refractivity contribution in [3.05, 3.63) is 88.6 Å². The van der Waals surface area contributed by atoms with Gasteiger partial charge < -0.3 is 20.2 Å². The summed E-state index contributed by atoms with van der Waals surface area (Å²) in [6.07, 6.45) is 5.90. The van der Waals surface area contributed by atoms with Gasteiger partial charge in [0.15, 0.2) is 0 Å². The number of carbonyl (C=O) groups excluding carboxylic acids is 3. The Morgan fingerprint density at radius 2 is 1.71 bits per heavy atom. The molecule has 0 bridgehead atoms. The van der Waals surface area contributed by atoms with Crippen molar-refractivity contribution in [2.24, 2.45) is 0 Å². The fraction of sp³-hybridized carbons (Fsp3) is 0.474. The van der Waals surface area contributed by atoms with Crippen LogP contribution >= 0.6 is 0 Å². The molecule has 4 aliphatic rings. The van der Waals surface area contributed by atoms with Crippen LogP contribution < -0.4 is 15.5 Å². The Kier molecular flexibility index (Phi) is 8.96. The van der Waals surface area contributed by atoms with Crippen LogP contribution in [-0.2, 0) is 28.3 Å². The molecule has 10 heteroatoms. The summed E-state index contributed by atoms with van der Waals surface area (Å²) in [5.41, 5.74) is 5.04. The third-order valence-corrected chi connectivity index (χ3v) is 10.8. The second-order valence-electron chi connectivity index (χ2n) is 14.3. The first-order valence-corrected chi connectivity index (χ1v) is 17.4. The van der Waals surface area contributed by atoms with Gasteiger partial charge in [0.2, 0.25) is 11.8 Å². The maximum Gasteiger partial charge on any atom is 0.255 e. The first-order chi connectivity index (χ1) is 23.1. The third kappa shape index (κ3) is 6.69. The van der Waals surface area contributed by atoms with Gasteiger partial charge in [-0.15, -0.1) is 0 Å². The van der Waals surface area contributed by atoms with Crippen LogP contribution in [-0.4, -0.2) is 75.9 Å². The number of hydrogen-bond donors (Lipinski definition) is 3. The largest absolute Gasteiger partial charge is 0.385 e. The van der Waals surface area contributed by atoms with E-state index >= 15 is 0 Å². The first-order valence-electron chi connectivity index (χ1n) is 17.4. The van der Waals surface area contributed by atoms with Crippen LogP contribution in [0.4, 0.5) is 11.5 Å². The number of anilines is 2. The van der Waals surface area contributed by atoms with Gasteiger partial charge in [-0.05, 0) is 84.5 Å². The average molecular weight is 651 g/mol. The Bertz CT molecular complexity index is 1660. The molecule has 48 heavy (non-hydrogen) atoms. The third-order valence-electron chi connectivity index (χ3n) is 10.8. The van der Waals surface area contributed by atoms with Crippen LogP contribution in [0.1, 0.15) is 90.9 Å². The Labute approximate surface area is 282 Å². The molecule has 0 spiro atoms. The molecule has 3 aromatic rings. The Balaban J connectivity index is 0.890. The van der Waals surface area contributed by atoms with Crippen molar-refractivity contribution in [1.29, 1.82) is 0 Å². The van der Waals surface area contributed by atoms with Gasteiger partial charge in [0.25, 0.3) is 5.91 Å². The molecular weight excluding hydrogens is 604 g/mol. The van der Waals surface area contributed by atoms with E-state index in [1.807, 2.05) is 18.3 Å². The molecule has 1 unspecified atom stereocenters. The van der Waals surface area contributed by atoms with Crippen LogP contribution in [0, 0.1) is 0 Å². The SMILES string of the molecule is CC(C)c1ccc(NC2CCN(c3ccc(CN4CCC(O)(c5ccc6c(c5)CN(C5CCC(=O)NC5=O)C6=O)CC4)cc3)CC2)nc1. The Morgan fingerprint density at radius 3 is 2.38 bits per heavy atom. The highest BCUT2D eigenvalue weighted by molar-refractivity contribution is 6.05. The molecule has 3 fully saturated rings. The summed E-state index contributed by atoms with van der Waals surface area (Å²) >= 11 is 0. The van der Waals surface area contributed by atoms with Gasteiger partial charge in [-0.3, -0.25) is 24.6 Å². The lowest BCUT2D eigenvalue weighted by molar-refractivity contribution is -0.136. The van der Waals surface area contributed by atoms with E-state index in [-0.39, 0.29) is 18.2 Å². The number of aromatic nitrogens is 1. The topological polar surface area (TPSA) is 118 Å². The van der Waals surface area contributed by atoms with E-state index in [1.54, 1.807) is 11.0 Å². The predicted molar refractivity (Wildman–Crippen MR) is 185 cm³/mol. The number of benzene rings is 2. The predicted octanol–water partition coefficient (Wildman–Crippen LogP) is 4.53. The minimum atomic E-state index is -0.963. The molecule has 0 aliphatic carbocycles. The van der Waals surface area contributed by atoms with Crippen LogP contribution in [0.5, 0.6) is 0 Å². The van der Waals surface area contributed by atoms with Crippen LogP contribution in [0.2, 0.25) is 0 Å². The molecule has 10 nitrogen and oxygen atoms in total. The number of pyridine rings is 1. The van der Waals surface area contributed by atoms with Gasteiger partial charge in [0.1, 0.15) is 11.9 Å². The summed E-state index contributed by atoms with van der Waals surface area (Å²) in [6.45, 7) is 9.09. The number of nitrogens with zero attached hydrogens (tertiary/aromatic N) is 4. The number of amides is 3. The van der Waals surface area contributed by atoms with Crippen molar-refractivity contribution in [2.75, 3.05) is 36.4 Å². The van der Waals surface area contributed by atoms with Crippen LogP contribution in [0.15, 0.2) is 60.8 Å². The Morgan fingerprint density at radius 1 is 0.958 bits per heavy atom. The molecule has 252 valence electrons. The smallest absolute Gasteiger partial charge is 0.255 e. The second-order valence-corrected chi connectivity index (χ2v) is 14.3. The van der Waals surface area contributed by atoms with Crippen LogP contribution in [0.25, 0.3) is 0 Å². The maximum absolute atomic E-state index is 13.1. The van der Waals surface area contributed by atoms with Crippen LogP contribution in [0.3, 0.4) is 0 Å². The summed E-state index contributed by atoms with van der Waals surface area (Å²) in [5, 5.41) is 17.7. The van der Waals surface area contributed by atoms with Crippen molar-refractivity contribution in [3.63, 3.8) is 0 Å². The van der Waals surface area contributed by atoms with Gasteiger partial charge in [-0.2, -0.15) is 0 Å². The van der Waals surface area contributed by atoms with E-state index in [0.717, 1.165) is 62.5 Å². The summed E-state index contributed by atoms with van der Waals surface area (Å²) < 4.78 is 0. The van der Waals surface area contributed by atoms with Gasteiger partial charge in [-0.25, -0.2) is 4.98 Å². The lowest BCUT2D eigenvalue weighted by atomic mass is 9.83. The van der Waals surface area contributed by atoms with E-state index in [9.17, 15) is 19.5 Å². The van der Waals surface area contributed by atoms with Gasteiger partial charge in [-0.1, -0.05) is 44.2 Å². The lowest BCUT2D eigenvalue weighted by Crippen LogP contribution is -2.52. The molecule has 3 N–H and O–H groups in total. The molecular formula is C38H46N6O4. The minimum Gasteiger partial charge on any atom is -0.385 e. The number of nitrogens with one attached hydrogen (secondary N) is 2. The molecule has 1 atom stereocenters. The quantitative estimate of drug-likeness (QED) is 0.305. The van der Waals surface area contributed by atoms with Crippen molar-refractivity contribution >= 4 is 29.2 Å².